The zero-order valence-electron chi connectivity index (χ0n) is 16.2. The molecule has 0 aliphatic carbocycles. The van der Waals surface area contributed by atoms with Crippen LogP contribution in [0.15, 0.2) is 99.5 Å². The van der Waals surface area contributed by atoms with Crippen LogP contribution in [-0.4, -0.2) is 16.8 Å². The van der Waals surface area contributed by atoms with Gasteiger partial charge in [-0.25, -0.2) is 0 Å². The number of nitrogens with zero attached hydrogens (tertiary/aromatic N) is 3. The molecule has 0 atom stereocenters. The van der Waals surface area contributed by atoms with Gasteiger partial charge in [0, 0.05) is 16.0 Å². The van der Waals surface area contributed by atoms with Crippen LogP contribution < -0.4 is 10.5 Å². The summed E-state index contributed by atoms with van der Waals surface area (Å²) in [6.45, 7) is 0. The van der Waals surface area contributed by atoms with Gasteiger partial charge < -0.3 is 4.42 Å². The molecular weight excluding hydrogens is 430 g/mol. The Morgan fingerprint density at radius 3 is 2.45 bits per heavy atom. The molecule has 4 aromatic rings. The Labute approximate surface area is 187 Å². The number of hydrogen-bond donors (Lipinski definition) is 0. The van der Waals surface area contributed by atoms with E-state index < -0.39 is 0 Å². The number of carbonyl (C=O) groups excluding carboxylic acids is 1. The average molecular weight is 446 g/mol. The molecule has 152 valence electrons. The number of anilines is 1. The first-order valence-corrected chi connectivity index (χ1v) is 11.0. The number of amidine groups is 1. The Bertz CT molecular complexity index is 1370. The average Bonchev–Trinajstić information content (AvgIpc) is 3.18. The summed E-state index contributed by atoms with van der Waals surface area (Å²) in [6, 6.07) is 26.7. The van der Waals surface area contributed by atoms with Crippen molar-refractivity contribution in [2.24, 2.45) is 10.2 Å². The molecule has 1 aromatic heterocycles. The van der Waals surface area contributed by atoms with Crippen LogP contribution in [0, 0.1) is 0 Å². The van der Waals surface area contributed by atoms with Gasteiger partial charge in [-0.05, 0) is 42.0 Å². The Balaban J connectivity index is 1.65. The van der Waals surface area contributed by atoms with E-state index in [9.17, 15) is 4.79 Å². The molecule has 0 radical (unpaired) electrons. The zero-order chi connectivity index (χ0) is 21.2. The second kappa shape index (κ2) is 8.41. The van der Waals surface area contributed by atoms with Crippen molar-refractivity contribution in [3.63, 3.8) is 0 Å². The van der Waals surface area contributed by atoms with Crippen molar-refractivity contribution in [1.29, 1.82) is 0 Å². The van der Waals surface area contributed by atoms with E-state index in [0.717, 1.165) is 22.2 Å². The van der Waals surface area contributed by atoms with Gasteiger partial charge in [0.05, 0.1) is 11.4 Å². The molecule has 0 unspecified atom stereocenters. The number of rotatable bonds is 3. The molecule has 0 saturated carbocycles. The monoisotopic (exact) mass is 445 g/mol. The van der Waals surface area contributed by atoms with Crippen molar-refractivity contribution >= 4 is 51.1 Å². The van der Waals surface area contributed by atoms with E-state index in [0.29, 0.717) is 27.1 Å². The lowest BCUT2D eigenvalue weighted by Gasteiger charge is -2.14. The number of halogens is 1. The van der Waals surface area contributed by atoms with E-state index in [2.05, 4.69) is 10.2 Å². The van der Waals surface area contributed by atoms with Gasteiger partial charge in [0.2, 0.25) is 11.5 Å². The van der Waals surface area contributed by atoms with Crippen molar-refractivity contribution in [1.82, 2.24) is 0 Å². The van der Waals surface area contributed by atoms with Crippen LogP contribution in [0.25, 0.3) is 22.1 Å². The Kier molecular flexibility index (Phi) is 5.32. The normalized spacial score (nSPS) is 15.9. The number of para-hydroxylation sites is 2. The topological polar surface area (TPSA) is 58.2 Å². The second-order valence-corrected chi connectivity index (χ2v) is 8.22. The molecule has 5 rings (SSSR count). The number of hydrogen-bond acceptors (Lipinski definition) is 5. The van der Waals surface area contributed by atoms with Crippen LogP contribution >= 0.6 is 23.4 Å². The highest BCUT2D eigenvalue weighted by Crippen LogP contribution is 2.27. The zero-order valence-corrected chi connectivity index (χ0v) is 17.8. The summed E-state index contributed by atoms with van der Waals surface area (Å²) in [5, 5.41) is 10.9. The largest absolute Gasteiger partial charge is 0.436 e. The fourth-order valence-corrected chi connectivity index (χ4v) is 4.28. The molecule has 1 aliphatic rings. The molecule has 0 bridgehead atoms. The van der Waals surface area contributed by atoms with E-state index in [4.69, 9.17) is 16.0 Å². The van der Waals surface area contributed by atoms with Gasteiger partial charge in [0.15, 0.2) is 5.17 Å². The maximum atomic E-state index is 12.4. The summed E-state index contributed by atoms with van der Waals surface area (Å²) >= 11 is 7.41. The molecule has 31 heavy (non-hydrogen) atoms. The Morgan fingerprint density at radius 1 is 0.903 bits per heavy atom. The van der Waals surface area contributed by atoms with E-state index >= 15 is 0 Å². The fraction of sp³-hybridized carbons (Fsp3) is 0.0417. The summed E-state index contributed by atoms with van der Waals surface area (Å²) < 4.78 is 6.09. The van der Waals surface area contributed by atoms with Crippen LogP contribution in [0.3, 0.4) is 0 Å². The molecule has 1 saturated heterocycles. The minimum Gasteiger partial charge on any atom is -0.436 e. The van der Waals surface area contributed by atoms with Crippen molar-refractivity contribution in [2.45, 2.75) is 0 Å². The first-order valence-electron chi connectivity index (χ1n) is 9.60. The quantitative estimate of drug-likeness (QED) is 0.380. The van der Waals surface area contributed by atoms with Gasteiger partial charge in [-0.1, -0.05) is 71.9 Å². The van der Waals surface area contributed by atoms with E-state index in [-0.39, 0.29) is 5.91 Å². The molecular formula is C24H16ClN3O2S. The SMILES string of the molecule is O=C1CS/C(=N/N=c2/oc3ccccc3cc2-c2ccc(Cl)cc2)N1c1ccccc1. The predicted molar refractivity (Wildman–Crippen MR) is 126 cm³/mol. The molecule has 5 nitrogen and oxygen atoms in total. The Morgan fingerprint density at radius 2 is 1.65 bits per heavy atom. The van der Waals surface area contributed by atoms with Crippen LogP contribution in [0.4, 0.5) is 5.69 Å². The molecule has 1 aliphatic heterocycles. The number of thioether (sulfide) groups is 1. The number of fused-ring (bicyclic) bond motifs is 1. The second-order valence-electron chi connectivity index (χ2n) is 6.85. The standard InChI is InChI=1S/C24H16ClN3O2S/c25-18-12-10-16(11-13-18)20-14-17-6-4-5-9-21(17)30-23(20)26-27-24-28(22(29)15-31-24)19-7-2-1-3-8-19/h1-14H,15H2/b26-23+,27-24+. The van der Waals surface area contributed by atoms with Crippen LogP contribution in [0.2, 0.25) is 5.02 Å². The summed E-state index contributed by atoms with van der Waals surface area (Å²) in [6.07, 6.45) is 0. The van der Waals surface area contributed by atoms with Crippen molar-refractivity contribution < 1.29 is 9.21 Å². The summed E-state index contributed by atoms with van der Waals surface area (Å²) in [4.78, 5) is 14.0. The smallest absolute Gasteiger partial charge is 0.246 e. The third kappa shape index (κ3) is 4.00. The minimum atomic E-state index is -0.0291. The molecule has 3 aromatic carbocycles. The molecule has 2 heterocycles. The van der Waals surface area contributed by atoms with Crippen molar-refractivity contribution in [3.05, 3.63) is 95.5 Å². The van der Waals surface area contributed by atoms with E-state index in [1.807, 2.05) is 84.9 Å². The first-order chi connectivity index (χ1) is 15.2. The molecule has 1 fully saturated rings. The lowest BCUT2D eigenvalue weighted by molar-refractivity contribution is -0.115. The number of benzene rings is 3. The summed E-state index contributed by atoms with van der Waals surface area (Å²) in [7, 11) is 0. The van der Waals surface area contributed by atoms with Crippen LogP contribution in [-0.2, 0) is 4.79 Å². The third-order valence-electron chi connectivity index (χ3n) is 4.82. The third-order valence-corrected chi connectivity index (χ3v) is 5.98. The molecule has 7 heteroatoms. The summed E-state index contributed by atoms with van der Waals surface area (Å²) in [5.41, 5.74) is 3.53. The fourth-order valence-electron chi connectivity index (χ4n) is 3.33. The van der Waals surface area contributed by atoms with Crippen LogP contribution in [0.5, 0.6) is 0 Å². The lowest BCUT2D eigenvalue weighted by Crippen LogP contribution is -2.29. The van der Waals surface area contributed by atoms with E-state index in [1.54, 1.807) is 4.90 Å². The number of carbonyl (C=O) groups is 1. The minimum absolute atomic E-state index is 0.0291. The van der Waals surface area contributed by atoms with Gasteiger partial charge in [0.25, 0.3) is 0 Å². The number of amides is 1. The highest BCUT2D eigenvalue weighted by atomic mass is 35.5. The van der Waals surface area contributed by atoms with Crippen LogP contribution in [0.1, 0.15) is 0 Å². The van der Waals surface area contributed by atoms with Gasteiger partial charge in [-0.15, -0.1) is 10.2 Å². The van der Waals surface area contributed by atoms with Gasteiger partial charge in [0.1, 0.15) is 5.58 Å². The van der Waals surface area contributed by atoms with Gasteiger partial charge in [-0.2, -0.15) is 0 Å². The van der Waals surface area contributed by atoms with Gasteiger partial charge in [-0.3, -0.25) is 9.69 Å². The molecule has 0 N–H and O–H groups in total. The maximum absolute atomic E-state index is 12.4. The lowest BCUT2D eigenvalue weighted by atomic mass is 10.1. The van der Waals surface area contributed by atoms with Crippen molar-refractivity contribution in [2.75, 3.05) is 10.7 Å². The first kappa shape index (κ1) is 19.6. The van der Waals surface area contributed by atoms with Crippen molar-refractivity contribution in [3.8, 4) is 11.1 Å². The summed E-state index contributed by atoms with van der Waals surface area (Å²) in [5.74, 6) is 0.292. The van der Waals surface area contributed by atoms with E-state index in [1.165, 1.54) is 11.8 Å². The molecule has 1 amide bonds. The highest BCUT2D eigenvalue weighted by Gasteiger charge is 2.29. The maximum Gasteiger partial charge on any atom is 0.246 e. The highest BCUT2D eigenvalue weighted by molar-refractivity contribution is 8.15. The Hall–Kier alpha value is -3.35. The van der Waals surface area contributed by atoms with Gasteiger partial charge >= 0.3 is 0 Å². The predicted octanol–water partition coefficient (Wildman–Crippen LogP) is 5.70. The molecule has 0 spiro atoms.